The maximum absolute atomic E-state index is 11.9. The Bertz CT molecular complexity index is 337. The topological polar surface area (TPSA) is 58.4 Å². The molecule has 0 aliphatic heterocycles. The van der Waals surface area contributed by atoms with E-state index in [1.54, 1.807) is 0 Å². The highest BCUT2D eigenvalue weighted by Crippen LogP contribution is 2.29. The summed E-state index contributed by atoms with van der Waals surface area (Å²) in [6.45, 7) is 7.51. The van der Waals surface area contributed by atoms with Gasteiger partial charge in [0.15, 0.2) is 0 Å². The van der Waals surface area contributed by atoms with Gasteiger partial charge in [0.2, 0.25) is 5.91 Å². The van der Waals surface area contributed by atoms with Gasteiger partial charge >= 0.3 is 0 Å². The van der Waals surface area contributed by atoms with E-state index < -0.39 is 5.54 Å². The minimum atomic E-state index is -0.563. The predicted molar refractivity (Wildman–Crippen MR) is 82.5 cm³/mol. The first-order valence-electron chi connectivity index (χ1n) is 8.29. The number of rotatable bonds is 8. The monoisotopic (exact) mass is 281 g/mol. The van der Waals surface area contributed by atoms with Crippen molar-refractivity contribution in [2.75, 3.05) is 6.54 Å². The van der Waals surface area contributed by atoms with Crippen LogP contribution in [0.2, 0.25) is 0 Å². The minimum Gasteiger partial charge on any atom is -0.368 e. The maximum Gasteiger partial charge on any atom is 0.237 e. The lowest BCUT2D eigenvalue weighted by molar-refractivity contribution is -0.124. The zero-order valence-corrected chi connectivity index (χ0v) is 13.3. The highest BCUT2D eigenvalue weighted by Gasteiger charge is 2.39. The number of amides is 1. The van der Waals surface area contributed by atoms with Crippen LogP contribution in [-0.4, -0.2) is 41.0 Å². The van der Waals surface area contributed by atoms with Crippen molar-refractivity contribution in [2.45, 2.75) is 89.4 Å². The van der Waals surface area contributed by atoms with Gasteiger partial charge in [0, 0.05) is 18.1 Å². The molecule has 116 valence electrons. The van der Waals surface area contributed by atoms with Gasteiger partial charge in [-0.1, -0.05) is 19.8 Å². The second-order valence-corrected chi connectivity index (χ2v) is 6.94. The molecular weight excluding hydrogens is 250 g/mol. The third-order valence-corrected chi connectivity index (χ3v) is 5.07. The molecule has 4 heteroatoms. The summed E-state index contributed by atoms with van der Waals surface area (Å²) in [5.74, 6) is -0.210. The summed E-state index contributed by atoms with van der Waals surface area (Å²) >= 11 is 0. The van der Waals surface area contributed by atoms with E-state index in [0.717, 1.165) is 13.0 Å². The van der Waals surface area contributed by atoms with Crippen LogP contribution in [0.5, 0.6) is 0 Å². The van der Waals surface area contributed by atoms with Gasteiger partial charge in [-0.2, -0.15) is 0 Å². The fourth-order valence-corrected chi connectivity index (χ4v) is 3.78. The van der Waals surface area contributed by atoms with Crippen molar-refractivity contribution in [3.05, 3.63) is 0 Å². The third-order valence-electron chi connectivity index (χ3n) is 5.07. The molecule has 0 aromatic rings. The third kappa shape index (κ3) is 3.73. The molecule has 0 saturated heterocycles. The zero-order valence-electron chi connectivity index (χ0n) is 13.3. The largest absolute Gasteiger partial charge is 0.368 e. The molecule has 20 heavy (non-hydrogen) atoms. The van der Waals surface area contributed by atoms with Gasteiger partial charge in [-0.3, -0.25) is 9.69 Å². The average Bonchev–Trinajstić information content (AvgIpc) is 3.02. The zero-order chi connectivity index (χ0) is 14.8. The van der Waals surface area contributed by atoms with Crippen LogP contribution in [0.25, 0.3) is 0 Å². The quantitative estimate of drug-likeness (QED) is 0.715. The molecule has 0 bridgehead atoms. The average molecular weight is 281 g/mol. The number of nitrogens with zero attached hydrogens (tertiary/aromatic N) is 1. The molecule has 0 radical (unpaired) electrons. The lowest BCUT2D eigenvalue weighted by atomic mass is 9.91. The number of hydrogen-bond acceptors (Lipinski definition) is 3. The second kappa shape index (κ2) is 6.44. The second-order valence-electron chi connectivity index (χ2n) is 6.94. The maximum atomic E-state index is 11.9. The van der Waals surface area contributed by atoms with E-state index in [0.29, 0.717) is 18.1 Å². The number of nitrogens with two attached hydrogens (primary N) is 1. The Labute approximate surface area is 123 Å². The van der Waals surface area contributed by atoms with Crippen molar-refractivity contribution in [3.8, 4) is 0 Å². The molecule has 1 amide bonds. The molecule has 2 aliphatic rings. The van der Waals surface area contributed by atoms with E-state index in [2.05, 4.69) is 24.1 Å². The van der Waals surface area contributed by atoms with Crippen LogP contribution in [0.4, 0.5) is 0 Å². The van der Waals surface area contributed by atoms with Gasteiger partial charge < -0.3 is 11.1 Å². The van der Waals surface area contributed by atoms with Crippen molar-refractivity contribution in [1.82, 2.24) is 10.2 Å². The van der Waals surface area contributed by atoms with Gasteiger partial charge in [-0.25, -0.2) is 0 Å². The van der Waals surface area contributed by atoms with Gasteiger partial charge in [-0.05, 0) is 52.5 Å². The molecule has 2 rings (SSSR count). The molecule has 0 aromatic carbocycles. The molecule has 2 saturated carbocycles. The lowest BCUT2D eigenvalue weighted by Gasteiger charge is -2.38. The molecule has 2 fully saturated rings. The summed E-state index contributed by atoms with van der Waals surface area (Å²) in [6.07, 6.45) is 8.48. The number of hydrogen-bond donors (Lipinski definition) is 2. The van der Waals surface area contributed by atoms with Crippen molar-refractivity contribution < 1.29 is 4.79 Å². The minimum absolute atomic E-state index is 0.210. The summed E-state index contributed by atoms with van der Waals surface area (Å²) in [7, 11) is 0. The molecule has 0 heterocycles. The smallest absolute Gasteiger partial charge is 0.237 e. The fraction of sp³-hybridized carbons (Fsp3) is 0.938. The highest BCUT2D eigenvalue weighted by atomic mass is 16.1. The van der Waals surface area contributed by atoms with Crippen LogP contribution < -0.4 is 11.1 Å². The van der Waals surface area contributed by atoms with Gasteiger partial charge in [-0.15, -0.1) is 0 Å². The van der Waals surface area contributed by atoms with Crippen molar-refractivity contribution in [3.63, 3.8) is 0 Å². The molecule has 3 N–H and O–H groups in total. The first-order chi connectivity index (χ1) is 9.46. The predicted octanol–water partition coefficient (Wildman–Crippen LogP) is 2.03. The van der Waals surface area contributed by atoms with Crippen LogP contribution in [0, 0.1) is 0 Å². The summed E-state index contributed by atoms with van der Waals surface area (Å²) in [5.41, 5.74) is 5.11. The molecular formula is C16H31N3O. The van der Waals surface area contributed by atoms with Crippen LogP contribution in [0.15, 0.2) is 0 Å². The highest BCUT2D eigenvalue weighted by molar-refractivity contribution is 5.84. The first-order valence-corrected chi connectivity index (χ1v) is 8.29. The van der Waals surface area contributed by atoms with Crippen LogP contribution in [0.1, 0.15) is 65.7 Å². The Morgan fingerprint density at radius 3 is 2.40 bits per heavy atom. The summed E-state index contributed by atoms with van der Waals surface area (Å²) in [4.78, 5) is 14.5. The Hall–Kier alpha value is -0.610. The Kier molecular flexibility index (Phi) is 5.08. The van der Waals surface area contributed by atoms with E-state index in [4.69, 9.17) is 5.73 Å². The van der Waals surface area contributed by atoms with E-state index in [9.17, 15) is 4.79 Å². The molecule has 2 atom stereocenters. The Morgan fingerprint density at radius 1 is 1.35 bits per heavy atom. The van der Waals surface area contributed by atoms with E-state index in [1.807, 2.05) is 6.92 Å². The van der Waals surface area contributed by atoms with Crippen LogP contribution in [0.3, 0.4) is 0 Å². The lowest BCUT2D eigenvalue weighted by Crippen LogP contribution is -2.57. The summed E-state index contributed by atoms with van der Waals surface area (Å²) < 4.78 is 0. The fourth-order valence-electron chi connectivity index (χ4n) is 3.78. The normalized spacial score (nSPS) is 24.8. The molecule has 2 unspecified atom stereocenters. The van der Waals surface area contributed by atoms with E-state index in [1.165, 1.54) is 38.5 Å². The molecule has 4 nitrogen and oxygen atoms in total. The summed E-state index contributed by atoms with van der Waals surface area (Å²) in [5, 5.41) is 3.47. The number of primary amides is 1. The SMILES string of the molecule is CCN(C(C)CC(C)(NC1CC1)C(N)=O)C1CCCC1. The van der Waals surface area contributed by atoms with Crippen molar-refractivity contribution in [2.24, 2.45) is 5.73 Å². The Morgan fingerprint density at radius 2 is 1.95 bits per heavy atom. The van der Waals surface area contributed by atoms with Gasteiger partial charge in [0.25, 0.3) is 0 Å². The van der Waals surface area contributed by atoms with Crippen LogP contribution >= 0.6 is 0 Å². The van der Waals surface area contributed by atoms with Crippen LogP contribution in [-0.2, 0) is 4.79 Å². The number of nitrogens with one attached hydrogen (secondary N) is 1. The molecule has 0 spiro atoms. The van der Waals surface area contributed by atoms with Gasteiger partial charge in [0.1, 0.15) is 0 Å². The number of carbonyl (C=O) groups excluding carboxylic acids is 1. The standard InChI is InChI=1S/C16H31N3O/c1-4-19(14-7-5-6-8-14)12(2)11-16(3,15(17)20)18-13-9-10-13/h12-14,18H,4-11H2,1-3H3,(H2,17,20). The van der Waals surface area contributed by atoms with Crippen molar-refractivity contribution >= 4 is 5.91 Å². The molecule has 0 aromatic heterocycles. The Balaban J connectivity index is 1.98. The number of carbonyl (C=O) groups is 1. The van der Waals surface area contributed by atoms with Gasteiger partial charge in [0.05, 0.1) is 5.54 Å². The first kappa shape index (κ1) is 15.8. The van der Waals surface area contributed by atoms with Crippen molar-refractivity contribution in [1.29, 1.82) is 0 Å². The van der Waals surface area contributed by atoms with E-state index >= 15 is 0 Å². The summed E-state index contributed by atoms with van der Waals surface area (Å²) in [6, 6.07) is 1.60. The van der Waals surface area contributed by atoms with E-state index in [-0.39, 0.29) is 5.91 Å². The molecule has 2 aliphatic carbocycles.